The standard InChI is InChI=1S/C14H21NO2/c1-5-11-6-12(17-4)7-14(16)13(11)9-15-8-10(2)3/h6-7,9-10,16H,5,8H2,1-4H3. The van der Waals surface area contributed by atoms with Gasteiger partial charge in [0.15, 0.2) is 0 Å². The van der Waals surface area contributed by atoms with Gasteiger partial charge in [0.2, 0.25) is 0 Å². The van der Waals surface area contributed by atoms with E-state index in [0.29, 0.717) is 11.7 Å². The Bertz CT molecular complexity index is 397. The normalized spacial score (nSPS) is 11.4. The highest BCUT2D eigenvalue weighted by molar-refractivity contribution is 5.86. The summed E-state index contributed by atoms with van der Waals surface area (Å²) in [7, 11) is 1.60. The van der Waals surface area contributed by atoms with Crippen molar-refractivity contribution < 1.29 is 9.84 Å². The van der Waals surface area contributed by atoms with Crippen molar-refractivity contribution in [2.45, 2.75) is 27.2 Å². The molecular weight excluding hydrogens is 214 g/mol. The molecule has 0 aliphatic heterocycles. The van der Waals surface area contributed by atoms with Gasteiger partial charge in [-0.3, -0.25) is 4.99 Å². The first kappa shape index (κ1) is 13.6. The molecule has 0 fully saturated rings. The molecule has 0 amide bonds. The Hall–Kier alpha value is -1.51. The summed E-state index contributed by atoms with van der Waals surface area (Å²) in [6.07, 6.45) is 2.60. The Balaban J connectivity index is 3.01. The highest BCUT2D eigenvalue weighted by atomic mass is 16.5. The van der Waals surface area contributed by atoms with Crippen LogP contribution in [0.2, 0.25) is 0 Å². The number of phenolic OH excluding ortho intramolecular Hbond substituents is 1. The van der Waals surface area contributed by atoms with Crippen LogP contribution >= 0.6 is 0 Å². The van der Waals surface area contributed by atoms with Crippen molar-refractivity contribution in [2.75, 3.05) is 13.7 Å². The number of aryl methyl sites for hydroxylation is 1. The Kier molecular flexibility index (Phi) is 5.01. The second-order valence-corrected chi connectivity index (χ2v) is 4.46. The van der Waals surface area contributed by atoms with Gasteiger partial charge >= 0.3 is 0 Å². The molecule has 0 saturated carbocycles. The second kappa shape index (κ2) is 6.28. The SMILES string of the molecule is CCc1cc(OC)cc(O)c1C=NCC(C)C. The zero-order chi connectivity index (χ0) is 12.8. The molecule has 0 aliphatic carbocycles. The number of nitrogens with zero attached hydrogens (tertiary/aromatic N) is 1. The molecule has 3 heteroatoms. The van der Waals surface area contributed by atoms with Gasteiger partial charge < -0.3 is 9.84 Å². The lowest BCUT2D eigenvalue weighted by Crippen LogP contribution is -1.97. The van der Waals surface area contributed by atoms with E-state index in [9.17, 15) is 5.11 Å². The minimum Gasteiger partial charge on any atom is -0.507 e. The van der Waals surface area contributed by atoms with E-state index in [-0.39, 0.29) is 5.75 Å². The molecule has 0 bridgehead atoms. The van der Waals surface area contributed by atoms with Gasteiger partial charge in [-0.1, -0.05) is 20.8 Å². The first-order valence-electron chi connectivity index (χ1n) is 5.98. The van der Waals surface area contributed by atoms with Gasteiger partial charge in [-0.15, -0.1) is 0 Å². The van der Waals surface area contributed by atoms with Gasteiger partial charge in [0.05, 0.1) is 7.11 Å². The summed E-state index contributed by atoms with van der Waals surface area (Å²) < 4.78 is 5.13. The van der Waals surface area contributed by atoms with Crippen LogP contribution in [0.1, 0.15) is 31.9 Å². The monoisotopic (exact) mass is 235 g/mol. The molecule has 1 aromatic rings. The van der Waals surface area contributed by atoms with Gasteiger partial charge in [-0.05, 0) is 24.0 Å². The van der Waals surface area contributed by atoms with Crippen LogP contribution in [0.3, 0.4) is 0 Å². The maximum Gasteiger partial charge on any atom is 0.128 e. The number of hydrogen-bond donors (Lipinski definition) is 1. The maximum absolute atomic E-state index is 9.93. The number of hydrogen-bond acceptors (Lipinski definition) is 3. The van der Waals surface area contributed by atoms with E-state index in [1.54, 1.807) is 19.4 Å². The molecule has 1 aromatic carbocycles. The molecule has 0 unspecified atom stereocenters. The third-order valence-electron chi connectivity index (χ3n) is 2.52. The number of aliphatic imine (C=N–C) groups is 1. The van der Waals surface area contributed by atoms with Crippen molar-refractivity contribution in [1.82, 2.24) is 0 Å². The van der Waals surface area contributed by atoms with Gasteiger partial charge in [0, 0.05) is 24.4 Å². The van der Waals surface area contributed by atoms with E-state index in [0.717, 1.165) is 24.1 Å². The van der Waals surface area contributed by atoms with Crippen molar-refractivity contribution in [1.29, 1.82) is 0 Å². The predicted octanol–water partition coefficient (Wildman–Crippen LogP) is 3.04. The van der Waals surface area contributed by atoms with Crippen LogP contribution < -0.4 is 4.74 Å². The molecule has 1 N–H and O–H groups in total. The zero-order valence-corrected chi connectivity index (χ0v) is 11.0. The lowest BCUT2D eigenvalue weighted by atomic mass is 10.0. The average Bonchev–Trinajstić information content (AvgIpc) is 2.30. The van der Waals surface area contributed by atoms with E-state index in [1.807, 2.05) is 13.0 Å². The number of methoxy groups -OCH3 is 1. The lowest BCUT2D eigenvalue weighted by Gasteiger charge is -2.09. The number of rotatable bonds is 5. The topological polar surface area (TPSA) is 41.8 Å². The molecule has 0 spiro atoms. The molecule has 0 saturated heterocycles. The summed E-state index contributed by atoms with van der Waals surface area (Å²) in [5.41, 5.74) is 1.85. The highest BCUT2D eigenvalue weighted by Crippen LogP contribution is 2.27. The first-order chi connectivity index (χ1) is 8.08. The number of benzene rings is 1. The fourth-order valence-corrected chi connectivity index (χ4v) is 1.58. The van der Waals surface area contributed by atoms with Crippen molar-refractivity contribution in [3.63, 3.8) is 0 Å². The zero-order valence-electron chi connectivity index (χ0n) is 11.0. The first-order valence-corrected chi connectivity index (χ1v) is 5.98. The summed E-state index contributed by atoms with van der Waals surface area (Å²) in [5.74, 6) is 1.44. The van der Waals surface area contributed by atoms with Crippen LogP contribution in [0.4, 0.5) is 0 Å². The Morgan fingerprint density at radius 1 is 1.41 bits per heavy atom. The third-order valence-corrected chi connectivity index (χ3v) is 2.52. The van der Waals surface area contributed by atoms with Crippen LogP contribution in [0.15, 0.2) is 17.1 Å². The maximum atomic E-state index is 9.93. The smallest absolute Gasteiger partial charge is 0.128 e. The van der Waals surface area contributed by atoms with Crippen molar-refractivity contribution >= 4 is 6.21 Å². The van der Waals surface area contributed by atoms with Gasteiger partial charge in [0.25, 0.3) is 0 Å². The molecule has 0 radical (unpaired) electrons. The third kappa shape index (κ3) is 3.77. The summed E-state index contributed by atoms with van der Waals surface area (Å²) in [6.45, 7) is 7.06. The van der Waals surface area contributed by atoms with Gasteiger partial charge in [-0.2, -0.15) is 0 Å². The largest absolute Gasteiger partial charge is 0.507 e. The van der Waals surface area contributed by atoms with Crippen molar-refractivity contribution in [3.05, 3.63) is 23.3 Å². The van der Waals surface area contributed by atoms with Crippen LogP contribution in [0, 0.1) is 5.92 Å². The van der Waals surface area contributed by atoms with Crippen molar-refractivity contribution in [2.24, 2.45) is 10.9 Å². The molecule has 17 heavy (non-hydrogen) atoms. The summed E-state index contributed by atoms with van der Waals surface area (Å²) in [5, 5.41) is 9.93. The molecule has 1 rings (SSSR count). The van der Waals surface area contributed by atoms with Crippen LogP contribution in [0.25, 0.3) is 0 Å². The van der Waals surface area contributed by atoms with Crippen molar-refractivity contribution in [3.8, 4) is 11.5 Å². The molecule has 0 heterocycles. The Labute approximate surface area is 103 Å². The molecule has 94 valence electrons. The minimum atomic E-state index is 0.230. The number of phenols is 1. The molecule has 0 aromatic heterocycles. The molecule has 0 aliphatic rings. The quantitative estimate of drug-likeness (QED) is 0.797. The fraction of sp³-hybridized carbons (Fsp3) is 0.500. The Morgan fingerprint density at radius 3 is 2.65 bits per heavy atom. The Morgan fingerprint density at radius 2 is 2.12 bits per heavy atom. The summed E-state index contributed by atoms with van der Waals surface area (Å²) in [4.78, 5) is 4.34. The minimum absolute atomic E-state index is 0.230. The van der Waals surface area contributed by atoms with E-state index in [1.165, 1.54) is 0 Å². The van der Waals surface area contributed by atoms with Gasteiger partial charge in [-0.25, -0.2) is 0 Å². The predicted molar refractivity (Wildman–Crippen MR) is 71.3 cm³/mol. The lowest BCUT2D eigenvalue weighted by molar-refractivity contribution is 0.406. The highest BCUT2D eigenvalue weighted by Gasteiger charge is 2.07. The fourth-order valence-electron chi connectivity index (χ4n) is 1.58. The van der Waals surface area contributed by atoms with Crippen LogP contribution in [0.5, 0.6) is 11.5 Å². The van der Waals surface area contributed by atoms with Gasteiger partial charge in [0.1, 0.15) is 11.5 Å². The molecular formula is C14H21NO2. The van der Waals surface area contributed by atoms with Crippen LogP contribution in [-0.4, -0.2) is 25.0 Å². The van der Waals surface area contributed by atoms with E-state index in [4.69, 9.17) is 4.74 Å². The number of aromatic hydroxyl groups is 1. The second-order valence-electron chi connectivity index (χ2n) is 4.46. The number of ether oxygens (including phenoxy) is 1. The van der Waals surface area contributed by atoms with Crippen LogP contribution in [-0.2, 0) is 6.42 Å². The summed E-state index contributed by atoms with van der Waals surface area (Å²) in [6, 6.07) is 3.56. The average molecular weight is 235 g/mol. The van der Waals surface area contributed by atoms with E-state index in [2.05, 4.69) is 18.8 Å². The molecule has 3 nitrogen and oxygen atoms in total. The van der Waals surface area contributed by atoms with E-state index >= 15 is 0 Å². The summed E-state index contributed by atoms with van der Waals surface area (Å²) >= 11 is 0. The van der Waals surface area contributed by atoms with E-state index < -0.39 is 0 Å². The molecule has 0 atom stereocenters.